The van der Waals surface area contributed by atoms with Gasteiger partial charge < -0.3 is 20.1 Å². The van der Waals surface area contributed by atoms with E-state index in [9.17, 15) is 14.7 Å². The normalized spacial score (nSPS) is 11.2. The van der Waals surface area contributed by atoms with E-state index >= 15 is 0 Å². The van der Waals surface area contributed by atoms with Crippen molar-refractivity contribution in [1.82, 2.24) is 4.90 Å². The van der Waals surface area contributed by atoms with Gasteiger partial charge in [0, 0.05) is 18.8 Å². The minimum atomic E-state index is -1.29. The molecule has 0 aliphatic heterocycles. The minimum Gasteiger partial charge on any atom is -0.478 e. The third kappa shape index (κ3) is 9.16. The Morgan fingerprint density at radius 2 is 1.58 bits per heavy atom. The molecule has 0 spiro atoms. The Kier molecular flexibility index (Phi) is 10.2. The van der Waals surface area contributed by atoms with Crippen LogP contribution in [0.1, 0.15) is 64.0 Å². The lowest BCUT2D eigenvalue weighted by atomic mass is 10.1. The van der Waals surface area contributed by atoms with Gasteiger partial charge in [0.1, 0.15) is 5.75 Å². The van der Waals surface area contributed by atoms with Crippen molar-refractivity contribution in [2.24, 2.45) is 0 Å². The number of rotatable bonds is 13. The van der Waals surface area contributed by atoms with Gasteiger partial charge in [0.05, 0.1) is 0 Å². The van der Waals surface area contributed by atoms with Crippen molar-refractivity contribution < 1.29 is 19.4 Å². The zero-order chi connectivity index (χ0) is 24.3. The molecular weight excluding hydrogens is 416 g/mol. The number of anilines is 1. The van der Waals surface area contributed by atoms with E-state index < -0.39 is 11.6 Å². The Bertz CT molecular complexity index is 876. The first-order chi connectivity index (χ1) is 15.7. The number of nitrogens with zero attached hydrogens (tertiary/aromatic N) is 1. The van der Waals surface area contributed by atoms with Gasteiger partial charge in [-0.3, -0.25) is 0 Å². The molecule has 6 heteroatoms. The summed E-state index contributed by atoms with van der Waals surface area (Å²) in [5.41, 5.74) is 1.73. The van der Waals surface area contributed by atoms with Gasteiger partial charge in [0.25, 0.3) is 0 Å². The third-order valence-electron chi connectivity index (χ3n) is 5.60. The smallest absolute Gasteiger partial charge is 0.347 e. The first kappa shape index (κ1) is 26.2. The average molecular weight is 455 g/mol. The summed E-state index contributed by atoms with van der Waals surface area (Å²) in [4.78, 5) is 26.1. The molecule has 2 amide bonds. The van der Waals surface area contributed by atoms with E-state index in [1.807, 2.05) is 48.2 Å². The van der Waals surface area contributed by atoms with Crippen LogP contribution >= 0.6 is 0 Å². The fraction of sp³-hybridized carbons (Fsp3) is 0.481. The van der Waals surface area contributed by atoms with Crippen molar-refractivity contribution in [3.8, 4) is 5.75 Å². The summed E-state index contributed by atoms with van der Waals surface area (Å²) in [6.07, 6.45) is 6.42. The number of hydrogen-bond acceptors (Lipinski definition) is 3. The molecule has 0 aromatic heterocycles. The van der Waals surface area contributed by atoms with Crippen LogP contribution in [0.4, 0.5) is 10.5 Å². The molecule has 0 radical (unpaired) electrons. The van der Waals surface area contributed by atoms with Crippen LogP contribution in [0.25, 0.3) is 0 Å². The second kappa shape index (κ2) is 12.9. The summed E-state index contributed by atoms with van der Waals surface area (Å²) in [7, 11) is 0. The van der Waals surface area contributed by atoms with Gasteiger partial charge in [0.15, 0.2) is 5.60 Å². The molecule has 0 unspecified atom stereocenters. The number of carbonyl (C=O) groups is 2. The van der Waals surface area contributed by atoms with Crippen molar-refractivity contribution in [2.75, 3.05) is 18.4 Å². The summed E-state index contributed by atoms with van der Waals surface area (Å²) in [5, 5.41) is 12.2. The zero-order valence-corrected chi connectivity index (χ0v) is 20.4. The number of unbranched alkanes of at least 4 members (excludes halogenated alkanes) is 4. The third-order valence-corrected chi connectivity index (χ3v) is 5.60. The Morgan fingerprint density at radius 3 is 2.18 bits per heavy atom. The number of carboxylic acids is 1. The summed E-state index contributed by atoms with van der Waals surface area (Å²) in [6.45, 7) is 8.58. The molecule has 0 heterocycles. The van der Waals surface area contributed by atoms with Crippen LogP contribution in [0.3, 0.4) is 0 Å². The fourth-order valence-corrected chi connectivity index (χ4v) is 3.39. The van der Waals surface area contributed by atoms with E-state index in [0.29, 0.717) is 18.7 Å². The van der Waals surface area contributed by atoms with E-state index in [1.54, 1.807) is 12.1 Å². The number of hydrogen-bond donors (Lipinski definition) is 2. The number of aliphatic carboxylic acids is 1. The molecule has 0 aliphatic rings. The number of amides is 2. The van der Waals surface area contributed by atoms with Crippen molar-refractivity contribution in [2.45, 2.75) is 71.8 Å². The molecule has 2 aromatic carbocycles. The van der Waals surface area contributed by atoms with Gasteiger partial charge >= 0.3 is 12.0 Å². The van der Waals surface area contributed by atoms with Gasteiger partial charge in [-0.05, 0) is 63.4 Å². The van der Waals surface area contributed by atoms with Crippen LogP contribution < -0.4 is 10.1 Å². The highest BCUT2D eigenvalue weighted by Crippen LogP contribution is 2.20. The largest absolute Gasteiger partial charge is 0.478 e. The molecule has 0 fully saturated rings. The van der Waals surface area contributed by atoms with Crippen LogP contribution in [0, 0.1) is 6.92 Å². The van der Waals surface area contributed by atoms with E-state index in [4.69, 9.17) is 4.74 Å². The van der Waals surface area contributed by atoms with E-state index in [1.165, 1.54) is 33.1 Å². The molecule has 2 aromatic rings. The first-order valence-corrected chi connectivity index (χ1v) is 11.8. The number of urea groups is 1. The summed E-state index contributed by atoms with van der Waals surface area (Å²) in [5.74, 6) is -0.503. The predicted octanol–water partition coefficient (Wildman–Crippen LogP) is 6.28. The monoisotopic (exact) mass is 454 g/mol. The molecule has 0 aliphatic carbocycles. The molecule has 180 valence electrons. The lowest BCUT2D eigenvalue weighted by Gasteiger charge is -2.24. The molecule has 0 saturated heterocycles. The molecule has 0 bridgehead atoms. The lowest BCUT2D eigenvalue weighted by molar-refractivity contribution is -0.152. The molecule has 2 N–H and O–H groups in total. The van der Waals surface area contributed by atoms with Crippen LogP contribution in [0.2, 0.25) is 0 Å². The Balaban J connectivity index is 1.97. The number of carboxylic acid groups (broad SMARTS) is 1. The van der Waals surface area contributed by atoms with Crippen LogP contribution in [-0.4, -0.2) is 40.7 Å². The van der Waals surface area contributed by atoms with Crippen molar-refractivity contribution in [3.05, 3.63) is 59.7 Å². The molecule has 0 atom stereocenters. The van der Waals surface area contributed by atoms with E-state index in [-0.39, 0.29) is 6.03 Å². The number of benzene rings is 2. The molecule has 0 saturated carbocycles. The molecule has 33 heavy (non-hydrogen) atoms. The maximum Gasteiger partial charge on any atom is 0.347 e. The van der Waals surface area contributed by atoms with Gasteiger partial charge in [-0.1, -0.05) is 62.4 Å². The average Bonchev–Trinajstić information content (AvgIpc) is 2.78. The Labute approximate surface area is 198 Å². The van der Waals surface area contributed by atoms with Crippen LogP contribution in [0.5, 0.6) is 5.75 Å². The predicted molar refractivity (Wildman–Crippen MR) is 133 cm³/mol. The summed E-state index contributed by atoms with van der Waals surface area (Å²) < 4.78 is 5.57. The quantitative estimate of drug-likeness (QED) is 0.349. The highest BCUT2D eigenvalue weighted by atomic mass is 16.5. The van der Waals surface area contributed by atoms with Crippen molar-refractivity contribution >= 4 is 17.7 Å². The summed E-state index contributed by atoms with van der Waals surface area (Å²) in [6, 6.07) is 15.1. The van der Waals surface area contributed by atoms with E-state index in [2.05, 4.69) is 12.2 Å². The minimum absolute atomic E-state index is 0.0856. The number of ether oxygens (including phenoxy) is 1. The molecule has 2 rings (SSSR count). The number of nitrogens with one attached hydrogen (secondary N) is 1. The SMILES string of the molecule is CCCCCCCN(CCc1ccc(OC(C)(C)C(=O)O)cc1)C(=O)Nc1ccc(C)cc1. The summed E-state index contributed by atoms with van der Waals surface area (Å²) >= 11 is 0. The standard InChI is InChI=1S/C27H38N2O4/c1-5-6-7-8-9-19-29(26(32)28-23-14-10-21(2)11-15-23)20-18-22-12-16-24(17-13-22)33-27(3,4)25(30)31/h10-17H,5-9,18-20H2,1-4H3,(H,28,32)(H,30,31). The second-order valence-corrected chi connectivity index (χ2v) is 9.01. The lowest BCUT2D eigenvalue weighted by Crippen LogP contribution is -2.38. The van der Waals surface area contributed by atoms with Gasteiger partial charge in [-0.2, -0.15) is 0 Å². The maximum atomic E-state index is 13.0. The number of aryl methyl sites for hydroxylation is 1. The Morgan fingerprint density at radius 1 is 0.939 bits per heavy atom. The first-order valence-electron chi connectivity index (χ1n) is 11.8. The Hall–Kier alpha value is -3.02. The van der Waals surface area contributed by atoms with Crippen molar-refractivity contribution in [3.63, 3.8) is 0 Å². The zero-order valence-electron chi connectivity index (χ0n) is 20.4. The van der Waals surface area contributed by atoms with Gasteiger partial charge in [-0.15, -0.1) is 0 Å². The highest BCUT2D eigenvalue weighted by molar-refractivity contribution is 5.89. The second-order valence-electron chi connectivity index (χ2n) is 9.01. The fourth-order valence-electron chi connectivity index (χ4n) is 3.39. The highest BCUT2D eigenvalue weighted by Gasteiger charge is 2.29. The number of carbonyl (C=O) groups excluding carboxylic acids is 1. The van der Waals surface area contributed by atoms with Crippen molar-refractivity contribution in [1.29, 1.82) is 0 Å². The van der Waals surface area contributed by atoms with Gasteiger partial charge in [-0.25, -0.2) is 9.59 Å². The van der Waals surface area contributed by atoms with E-state index in [0.717, 1.165) is 36.2 Å². The molecule has 6 nitrogen and oxygen atoms in total. The van der Waals surface area contributed by atoms with Crippen LogP contribution in [-0.2, 0) is 11.2 Å². The molecular formula is C27H38N2O4. The van der Waals surface area contributed by atoms with Gasteiger partial charge in [0.2, 0.25) is 0 Å². The maximum absolute atomic E-state index is 13.0. The topological polar surface area (TPSA) is 78.9 Å². The van der Waals surface area contributed by atoms with Crippen LogP contribution in [0.15, 0.2) is 48.5 Å².